The van der Waals surface area contributed by atoms with E-state index in [1.165, 1.54) is 0 Å². The maximum Gasteiger partial charge on any atom is 0.132 e. The molecule has 1 fully saturated rings. The van der Waals surface area contributed by atoms with Crippen LogP contribution >= 0.6 is 11.8 Å². The van der Waals surface area contributed by atoms with Gasteiger partial charge in [-0.15, -0.1) is 6.58 Å². The summed E-state index contributed by atoms with van der Waals surface area (Å²) in [4.78, 5) is 11.4. The molecule has 0 aliphatic heterocycles. The Hall–Kier alpha value is 1.20. The van der Waals surface area contributed by atoms with Gasteiger partial charge in [0.05, 0.1) is 0 Å². The van der Waals surface area contributed by atoms with Gasteiger partial charge < -0.3 is 6.92 Å². The molecule has 0 spiro atoms. The summed E-state index contributed by atoms with van der Waals surface area (Å²) in [5.41, 5.74) is 0. The van der Waals surface area contributed by atoms with Gasteiger partial charge in [0.15, 0.2) is 0 Å². The zero-order valence-electron chi connectivity index (χ0n) is 11.0. The average Bonchev–Trinajstić information content (AvgIpc) is 2.69. The van der Waals surface area contributed by atoms with Gasteiger partial charge in [0.25, 0.3) is 0 Å². The van der Waals surface area contributed by atoms with E-state index >= 15 is 0 Å². The van der Waals surface area contributed by atoms with E-state index < -0.39 is 0 Å². The fourth-order valence-electron chi connectivity index (χ4n) is 2.64. The minimum atomic E-state index is 0. The maximum absolute atomic E-state index is 11.4. The van der Waals surface area contributed by atoms with Gasteiger partial charge in [0.2, 0.25) is 0 Å². The first kappa shape index (κ1) is 18.2. The third kappa shape index (κ3) is 5.37. The molecule has 0 N–H and O–H groups in total. The van der Waals surface area contributed by atoms with E-state index in [0.29, 0.717) is 23.5 Å². The largest absolute Gasteiger partial charge is 0.339 e. The van der Waals surface area contributed by atoms with E-state index in [2.05, 4.69) is 20.4 Å². The molecule has 0 saturated heterocycles. The first-order valence-corrected chi connectivity index (χ1v) is 7.29. The van der Waals surface area contributed by atoms with Crippen LogP contribution in [0.5, 0.6) is 0 Å². The first-order valence-electron chi connectivity index (χ1n) is 6.13. The van der Waals surface area contributed by atoms with E-state index in [1.807, 2.05) is 17.8 Å². The molecule has 1 radical (unpaired) electrons. The number of rotatable bonds is 6. The van der Waals surface area contributed by atoms with Crippen molar-refractivity contribution in [2.75, 3.05) is 11.5 Å². The summed E-state index contributed by atoms with van der Waals surface area (Å²) in [6.45, 7) is 12.1. The SMILES string of the molecule is C=C[C@@H]1C[C@H](C(C)=O)C[C@H]1[C@@H]([CH2-])CSCC.[Ac]. The molecule has 0 aromatic rings. The summed E-state index contributed by atoms with van der Waals surface area (Å²) in [6.07, 6.45) is 4.04. The number of Topliss-reactive ketones (excluding diaryl/α,β-unsaturated/α-hetero) is 1. The molecule has 0 unspecified atom stereocenters. The monoisotopic (exact) mass is 466 g/mol. The van der Waals surface area contributed by atoms with E-state index in [9.17, 15) is 4.79 Å². The van der Waals surface area contributed by atoms with Crippen LogP contribution in [0, 0.1) is 74.7 Å². The molecular formula is C14H23AcOS-. The molecule has 1 rings (SSSR count). The molecule has 4 atom stereocenters. The molecule has 0 amide bonds. The smallest absolute Gasteiger partial charge is 0.132 e. The van der Waals surface area contributed by atoms with Gasteiger partial charge >= 0.3 is 0 Å². The second-order valence-electron chi connectivity index (χ2n) is 4.76. The van der Waals surface area contributed by atoms with Gasteiger partial charge in [-0.1, -0.05) is 18.9 Å². The summed E-state index contributed by atoms with van der Waals surface area (Å²) in [5.74, 6) is 4.36. The number of hydrogen-bond acceptors (Lipinski definition) is 2. The van der Waals surface area contributed by atoms with Gasteiger partial charge in [0, 0.05) is 50.0 Å². The number of thioether (sulfide) groups is 1. The van der Waals surface area contributed by atoms with Crippen LogP contribution in [0.3, 0.4) is 0 Å². The second-order valence-corrected chi connectivity index (χ2v) is 6.08. The Kier molecular flexibility index (Phi) is 9.81. The molecule has 17 heavy (non-hydrogen) atoms. The number of ketones is 1. The second kappa shape index (κ2) is 9.16. The zero-order chi connectivity index (χ0) is 12.1. The zero-order valence-corrected chi connectivity index (χ0v) is 16.6. The molecule has 95 valence electrons. The molecule has 1 aliphatic carbocycles. The van der Waals surface area contributed by atoms with Gasteiger partial charge in [0.1, 0.15) is 5.78 Å². The Morgan fingerprint density at radius 2 is 2.24 bits per heavy atom. The standard InChI is InChI=1S/C14H23OS.Ac/c1-5-12-7-13(11(4)15)8-14(12)10(3)9-16-6-2;/h5,10,12-14H,1,3,6-9H2,2,4H3;/q-1;/t10-,12+,13-,14-;/m0./s1. The number of carbonyl (C=O) groups is 1. The average molecular weight is 466 g/mol. The van der Waals surface area contributed by atoms with Gasteiger partial charge in [-0.2, -0.15) is 17.7 Å². The minimum Gasteiger partial charge on any atom is -0.339 e. The number of carbonyl (C=O) groups excluding carboxylic acids is 1. The quantitative estimate of drug-likeness (QED) is 0.440. The number of hydrogen-bond donors (Lipinski definition) is 0. The van der Waals surface area contributed by atoms with Crippen molar-refractivity contribution in [3.8, 4) is 0 Å². The summed E-state index contributed by atoms with van der Waals surface area (Å²) in [5, 5.41) is 0. The molecule has 3 heteroatoms. The Bertz CT molecular complexity index is 255. The first-order chi connectivity index (χ1) is 7.60. The predicted octanol–water partition coefficient (Wildman–Crippen LogP) is 3.61. The normalized spacial score (nSPS) is 29.5. The van der Waals surface area contributed by atoms with Crippen molar-refractivity contribution in [1.82, 2.24) is 0 Å². The Labute approximate surface area is 146 Å². The summed E-state index contributed by atoms with van der Waals surface area (Å²) in [7, 11) is 0. The van der Waals surface area contributed by atoms with E-state index in [0.717, 1.165) is 24.3 Å². The van der Waals surface area contributed by atoms with Gasteiger partial charge in [-0.05, 0) is 37.2 Å². The molecule has 0 aromatic heterocycles. The number of allylic oxidation sites excluding steroid dienone is 1. The molecule has 1 nitrogen and oxygen atoms in total. The van der Waals surface area contributed by atoms with E-state index in [1.54, 1.807) is 6.92 Å². The molecule has 0 heterocycles. The van der Waals surface area contributed by atoms with Crippen molar-refractivity contribution >= 4 is 17.5 Å². The molecule has 1 saturated carbocycles. The topological polar surface area (TPSA) is 17.1 Å². The Morgan fingerprint density at radius 3 is 2.71 bits per heavy atom. The fraction of sp³-hybridized carbons (Fsp3) is 0.714. The fourth-order valence-corrected chi connectivity index (χ4v) is 3.43. The van der Waals surface area contributed by atoms with Crippen LogP contribution in [0.2, 0.25) is 0 Å². The third-order valence-electron chi connectivity index (χ3n) is 3.68. The van der Waals surface area contributed by atoms with Crippen LogP contribution in [0.25, 0.3) is 0 Å². The molecule has 0 aromatic carbocycles. The van der Waals surface area contributed by atoms with Crippen LogP contribution in [0.15, 0.2) is 12.7 Å². The van der Waals surface area contributed by atoms with Crippen molar-refractivity contribution in [3.05, 3.63) is 19.6 Å². The molecule has 1 aliphatic rings. The predicted molar refractivity (Wildman–Crippen MR) is 72.4 cm³/mol. The van der Waals surface area contributed by atoms with Gasteiger partial charge in [-0.25, -0.2) is 0 Å². The van der Waals surface area contributed by atoms with Crippen molar-refractivity contribution < 1.29 is 48.9 Å². The van der Waals surface area contributed by atoms with Crippen molar-refractivity contribution in [3.63, 3.8) is 0 Å². The van der Waals surface area contributed by atoms with E-state index in [4.69, 9.17) is 0 Å². The van der Waals surface area contributed by atoms with Crippen molar-refractivity contribution in [2.45, 2.75) is 26.7 Å². The van der Waals surface area contributed by atoms with Crippen molar-refractivity contribution in [2.24, 2.45) is 23.7 Å². The van der Waals surface area contributed by atoms with Crippen LogP contribution in [-0.2, 0) is 4.79 Å². The van der Waals surface area contributed by atoms with Crippen LogP contribution < -0.4 is 0 Å². The molecule has 0 bridgehead atoms. The van der Waals surface area contributed by atoms with Crippen LogP contribution in [0.4, 0.5) is 0 Å². The van der Waals surface area contributed by atoms with Gasteiger partial charge in [-0.3, -0.25) is 4.79 Å². The summed E-state index contributed by atoms with van der Waals surface area (Å²) in [6, 6.07) is 0. The summed E-state index contributed by atoms with van der Waals surface area (Å²) < 4.78 is 0. The van der Waals surface area contributed by atoms with Crippen LogP contribution in [0.1, 0.15) is 26.7 Å². The Balaban J connectivity index is 0.00000256. The van der Waals surface area contributed by atoms with Crippen LogP contribution in [-0.4, -0.2) is 17.3 Å². The van der Waals surface area contributed by atoms with Crippen molar-refractivity contribution in [1.29, 1.82) is 0 Å². The Morgan fingerprint density at radius 1 is 1.59 bits per heavy atom. The van der Waals surface area contributed by atoms with E-state index in [-0.39, 0.29) is 50.0 Å². The summed E-state index contributed by atoms with van der Waals surface area (Å²) >= 11 is 1.94. The maximum atomic E-state index is 11.4. The third-order valence-corrected chi connectivity index (χ3v) is 4.75. The minimum absolute atomic E-state index is 0. The molecular weight excluding hydrogens is 443 g/mol.